The Bertz CT molecular complexity index is 602. The van der Waals surface area contributed by atoms with Gasteiger partial charge in [0.1, 0.15) is 11.6 Å². The molecular formula is C15H18N4O2. The summed E-state index contributed by atoms with van der Waals surface area (Å²) in [6.45, 7) is 0.715. The second-order valence-corrected chi connectivity index (χ2v) is 4.62. The van der Waals surface area contributed by atoms with Crippen molar-refractivity contribution in [3.63, 3.8) is 0 Å². The maximum absolute atomic E-state index is 10.9. The van der Waals surface area contributed by atoms with E-state index in [2.05, 4.69) is 27.8 Å². The van der Waals surface area contributed by atoms with Crippen LogP contribution in [0.3, 0.4) is 0 Å². The Morgan fingerprint density at radius 3 is 2.57 bits per heavy atom. The van der Waals surface area contributed by atoms with E-state index in [0.717, 1.165) is 12.8 Å². The molecule has 0 unspecified atom stereocenters. The molecule has 0 aliphatic rings. The molecule has 0 fully saturated rings. The summed E-state index contributed by atoms with van der Waals surface area (Å²) in [4.78, 5) is 14.7. The summed E-state index contributed by atoms with van der Waals surface area (Å²) in [5.41, 5.74) is 1.31. The Kier molecular flexibility index (Phi) is 5.09. The average molecular weight is 286 g/mol. The molecule has 2 aromatic rings. The third kappa shape index (κ3) is 4.45. The monoisotopic (exact) mass is 286 g/mol. The number of hydrogen-bond acceptors (Lipinski definition) is 5. The lowest BCUT2D eigenvalue weighted by Crippen LogP contribution is -2.06. The van der Waals surface area contributed by atoms with Crippen molar-refractivity contribution in [2.24, 2.45) is 0 Å². The van der Waals surface area contributed by atoms with Gasteiger partial charge in [-0.05, 0) is 18.4 Å². The van der Waals surface area contributed by atoms with Crippen molar-refractivity contribution < 1.29 is 4.92 Å². The topological polar surface area (TPSA) is 80.1 Å². The third-order valence-corrected chi connectivity index (χ3v) is 3.07. The molecule has 1 aromatic carbocycles. The van der Waals surface area contributed by atoms with Crippen molar-refractivity contribution in [1.29, 1.82) is 0 Å². The molecule has 0 bridgehead atoms. The zero-order chi connectivity index (χ0) is 15.1. The SMILES string of the molecule is CNc1cc([N+](=O)[O-])cc(NCCCc2ccccc2)n1. The smallest absolute Gasteiger partial charge is 0.276 e. The normalized spacial score (nSPS) is 10.1. The molecule has 0 spiro atoms. The van der Waals surface area contributed by atoms with E-state index in [1.54, 1.807) is 7.05 Å². The van der Waals surface area contributed by atoms with Gasteiger partial charge < -0.3 is 10.6 Å². The zero-order valence-electron chi connectivity index (χ0n) is 11.9. The van der Waals surface area contributed by atoms with Crippen LogP contribution < -0.4 is 10.6 Å². The van der Waals surface area contributed by atoms with E-state index in [0.29, 0.717) is 18.2 Å². The zero-order valence-corrected chi connectivity index (χ0v) is 11.9. The van der Waals surface area contributed by atoms with Crippen LogP contribution >= 0.6 is 0 Å². The van der Waals surface area contributed by atoms with Crippen LogP contribution in [0.25, 0.3) is 0 Å². The van der Waals surface area contributed by atoms with E-state index in [1.807, 2.05) is 18.2 Å². The van der Waals surface area contributed by atoms with E-state index < -0.39 is 4.92 Å². The first kappa shape index (κ1) is 14.8. The van der Waals surface area contributed by atoms with E-state index in [4.69, 9.17) is 0 Å². The second kappa shape index (κ2) is 7.23. The van der Waals surface area contributed by atoms with Crippen molar-refractivity contribution in [2.75, 3.05) is 24.2 Å². The summed E-state index contributed by atoms with van der Waals surface area (Å²) in [6, 6.07) is 13.1. The number of pyridine rings is 1. The minimum Gasteiger partial charge on any atom is -0.373 e. The van der Waals surface area contributed by atoms with Gasteiger partial charge in [-0.15, -0.1) is 0 Å². The summed E-state index contributed by atoms with van der Waals surface area (Å²) in [5, 5.41) is 16.8. The minimum atomic E-state index is -0.419. The molecule has 0 radical (unpaired) electrons. The number of rotatable bonds is 7. The highest BCUT2D eigenvalue weighted by Crippen LogP contribution is 2.20. The average Bonchev–Trinajstić information content (AvgIpc) is 2.52. The van der Waals surface area contributed by atoms with Crippen LogP contribution in [0.1, 0.15) is 12.0 Å². The molecular weight excluding hydrogens is 268 g/mol. The second-order valence-electron chi connectivity index (χ2n) is 4.62. The number of aromatic nitrogens is 1. The van der Waals surface area contributed by atoms with Crippen LogP contribution in [-0.2, 0) is 6.42 Å². The summed E-state index contributed by atoms with van der Waals surface area (Å²) >= 11 is 0. The van der Waals surface area contributed by atoms with Crippen LogP contribution in [0.4, 0.5) is 17.3 Å². The highest BCUT2D eigenvalue weighted by atomic mass is 16.6. The molecule has 0 saturated carbocycles. The van der Waals surface area contributed by atoms with Gasteiger partial charge in [-0.3, -0.25) is 10.1 Å². The highest BCUT2D eigenvalue weighted by molar-refractivity contribution is 5.54. The fourth-order valence-corrected chi connectivity index (χ4v) is 1.99. The number of aryl methyl sites for hydroxylation is 1. The Hall–Kier alpha value is -2.63. The molecule has 6 nitrogen and oxygen atoms in total. The molecule has 0 aliphatic heterocycles. The van der Waals surface area contributed by atoms with E-state index in [1.165, 1.54) is 17.7 Å². The molecule has 2 N–H and O–H groups in total. The van der Waals surface area contributed by atoms with E-state index >= 15 is 0 Å². The maximum atomic E-state index is 10.9. The Morgan fingerprint density at radius 2 is 1.90 bits per heavy atom. The van der Waals surface area contributed by atoms with Crippen molar-refractivity contribution in [2.45, 2.75) is 12.8 Å². The molecule has 2 rings (SSSR count). The van der Waals surface area contributed by atoms with Crippen LogP contribution in [-0.4, -0.2) is 23.5 Å². The first-order valence-electron chi connectivity index (χ1n) is 6.81. The fourth-order valence-electron chi connectivity index (χ4n) is 1.99. The number of nitrogens with zero attached hydrogens (tertiary/aromatic N) is 2. The first-order valence-corrected chi connectivity index (χ1v) is 6.81. The van der Waals surface area contributed by atoms with Crippen molar-refractivity contribution in [3.8, 4) is 0 Å². The maximum Gasteiger partial charge on any atom is 0.276 e. The van der Waals surface area contributed by atoms with Crippen molar-refractivity contribution >= 4 is 17.3 Å². The van der Waals surface area contributed by atoms with E-state index in [-0.39, 0.29) is 5.69 Å². The molecule has 21 heavy (non-hydrogen) atoms. The van der Waals surface area contributed by atoms with Gasteiger partial charge in [0, 0.05) is 13.6 Å². The number of nitrogens with one attached hydrogen (secondary N) is 2. The Morgan fingerprint density at radius 1 is 1.19 bits per heavy atom. The Labute approximate surface area is 123 Å². The summed E-state index contributed by atoms with van der Waals surface area (Å²) in [6.07, 6.45) is 1.89. The quantitative estimate of drug-likeness (QED) is 0.464. The van der Waals surface area contributed by atoms with Crippen LogP contribution in [0.15, 0.2) is 42.5 Å². The minimum absolute atomic E-state index is 0.0277. The number of benzene rings is 1. The highest BCUT2D eigenvalue weighted by Gasteiger charge is 2.10. The molecule has 0 saturated heterocycles. The van der Waals surface area contributed by atoms with Crippen LogP contribution in [0, 0.1) is 10.1 Å². The number of nitro groups is 1. The molecule has 6 heteroatoms. The van der Waals surface area contributed by atoms with Crippen LogP contribution in [0.5, 0.6) is 0 Å². The van der Waals surface area contributed by atoms with Gasteiger partial charge in [-0.25, -0.2) is 4.98 Å². The number of hydrogen-bond donors (Lipinski definition) is 2. The molecule has 110 valence electrons. The molecule has 0 amide bonds. The van der Waals surface area contributed by atoms with E-state index in [9.17, 15) is 10.1 Å². The largest absolute Gasteiger partial charge is 0.373 e. The fraction of sp³-hybridized carbons (Fsp3) is 0.267. The lowest BCUT2D eigenvalue weighted by Gasteiger charge is -2.07. The van der Waals surface area contributed by atoms with Gasteiger partial charge in [0.05, 0.1) is 17.1 Å². The van der Waals surface area contributed by atoms with Crippen molar-refractivity contribution in [3.05, 3.63) is 58.1 Å². The van der Waals surface area contributed by atoms with Gasteiger partial charge in [-0.1, -0.05) is 30.3 Å². The predicted molar refractivity (Wildman–Crippen MR) is 83.7 cm³/mol. The number of anilines is 2. The summed E-state index contributed by atoms with van der Waals surface area (Å²) < 4.78 is 0. The predicted octanol–water partition coefficient (Wildman–Crippen LogP) is 3.08. The van der Waals surface area contributed by atoms with Gasteiger partial charge >= 0.3 is 0 Å². The molecule has 1 aromatic heterocycles. The van der Waals surface area contributed by atoms with Gasteiger partial charge in [0.2, 0.25) is 0 Å². The standard InChI is InChI=1S/C15H18N4O2/c1-16-14-10-13(19(20)21)11-15(18-14)17-9-5-8-12-6-3-2-4-7-12/h2-4,6-7,10-11H,5,8-9H2,1H3,(H2,16,17,18). The summed E-state index contributed by atoms with van der Waals surface area (Å²) in [7, 11) is 1.69. The van der Waals surface area contributed by atoms with Crippen LogP contribution in [0.2, 0.25) is 0 Å². The van der Waals surface area contributed by atoms with Crippen molar-refractivity contribution in [1.82, 2.24) is 4.98 Å². The molecule has 0 atom stereocenters. The van der Waals surface area contributed by atoms with Gasteiger partial charge in [0.15, 0.2) is 0 Å². The Balaban J connectivity index is 1.90. The molecule has 1 heterocycles. The first-order chi connectivity index (χ1) is 10.2. The lowest BCUT2D eigenvalue weighted by molar-refractivity contribution is -0.384. The molecule has 0 aliphatic carbocycles. The lowest BCUT2D eigenvalue weighted by atomic mass is 10.1. The van der Waals surface area contributed by atoms with Gasteiger partial charge in [0.25, 0.3) is 5.69 Å². The third-order valence-electron chi connectivity index (χ3n) is 3.07. The van der Waals surface area contributed by atoms with Gasteiger partial charge in [-0.2, -0.15) is 0 Å². The summed E-state index contributed by atoms with van der Waals surface area (Å²) in [5.74, 6) is 0.997.